The maximum absolute atomic E-state index is 14.0. The first kappa shape index (κ1) is 26.3. The van der Waals surface area contributed by atoms with Crippen LogP contribution in [-0.2, 0) is 9.53 Å². The van der Waals surface area contributed by atoms with Crippen molar-refractivity contribution in [2.75, 3.05) is 39.8 Å². The van der Waals surface area contributed by atoms with E-state index in [4.69, 9.17) is 4.74 Å². The monoisotopic (exact) mass is 508 g/mol. The van der Waals surface area contributed by atoms with Gasteiger partial charge in [0, 0.05) is 50.5 Å². The van der Waals surface area contributed by atoms with Gasteiger partial charge in [-0.3, -0.25) is 14.6 Å². The van der Waals surface area contributed by atoms with Crippen LogP contribution in [0.5, 0.6) is 0 Å². The lowest BCUT2D eigenvalue weighted by atomic mass is 9.94. The molecule has 0 spiro atoms. The molecule has 0 aromatic heterocycles. The second-order valence-corrected chi connectivity index (χ2v) is 9.53. The number of nitrogens with one attached hydrogen (secondary N) is 1. The zero-order valence-electron chi connectivity index (χ0n) is 21.7. The number of benzene rings is 2. The van der Waals surface area contributed by atoms with Crippen molar-refractivity contribution in [1.29, 1.82) is 0 Å². The van der Waals surface area contributed by atoms with Crippen LogP contribution in [0.25, 0.3) is 0 Å². The number of urea groups is 1. The molecule has 196 valence electrons. The van der Waals surface area contributed by atoms with E-state index < -0.39 is 23.9 Å². The highest BCUT2D eigenvalue weighted by Crippen LogP contribution is 2.32. The van der Waals surface area contributed by atoms with Crippen molar-refractivity contribution >= 4 is 17.9 Å². The Morgan fingerprint density at radius 1 is 1.14 bits per heavy atom. The van der Waals surface area contributed by atoms with Gasteiger partial charge in [-0.05, 0) is 50.6 Å². The van der Waals surface area contributed by atoms with Gasteiger partial charge < -0.3 is 15.0 Å². The molecule has 8 nitrogen and oxygen atoms in total. The number of halogens is 1. The molecule has 4 rings (SSSR count). The second kappa shape index (κ2) is 11.1. The molecule has 1 fully saturated rings. The number of piperazine rings is 1. The average molecular weight is 509 g/mol. The predicted molar refractivity (Wildman–Crippen MR) is 137 cm³/mol. The number of nitrogens with zero attached hydrogens (tertiary/aromatic N) is 3. The fourth-order valence-electron chi connectivity index (χ4n) is 4.89. The number of aryl methyl sites for hydroxylation is 1. The molecule has 0 unspecified atom stereocenters. The van der Waals surface area contributed by atoms with Crippen LogP contribution in [-0.4, -0.2) is 78.5 Å². The van der Waals surface area contributed by atoms with Gasteiger partial charge in [0.15, 0.2) is 0 Å². The third-order valence-electron chi connectivity index (χ3n) is 6.90. The van der Waals surface area contributed by atoms with E-state index in [1.807, 2.05) is 43.0 Å². The average Bonchev–Trinajstić information content (AvgIpc) is 2.87. The van der Waals surface area contributed by atoms with E-state index in [-0.39, 0.29) is 24.1 Å². The number of likely N-dealkylation sites (N-methyl/N-ethyl adjacent to an activating group) is 1. The molecule has 0 bridgehead atoms. The van der Waals surface area contributed by atoms with Crippen molar-refractivity contribution in [3.63, 3.8) is 0 Å². The molecule has 0 saturated carbocycles. The van der Waals surface area contributed by atoms with Crippen LogP contribution in [0.4, 0.5) is 9.18 Å². The maximum Gasteiger partial charge on any atom is 0.338 e. The summed E-state index contributed by atoms with van der Waals surface area (Å²) >= 11 is 0. The number of rotatable bonds is 6. The summed E-state index contributed by atoms with van der Waals surface area (Å²) in [6, 6.07) is 12.1. The summed E-state index contributed by atoms with van der Waals surface area (Å²) in [7, 11) is 1.60. The number of hydrogen-bond donors (Lipinski definition) is 1. The minimum atomic E-state index is -0.838. The number of hydrogen-bond acceptors (Lipinski definition) is 5. The largest absolute Gasteiger partial charge is 0.463 e. The highest BCUT2D eigenvalue weighted by Gasteiger charge is 2.38. The Morgan fingerprint density at radius 3 is 2.51 bits per heavy atom. The van der Waals surface area contributed by atoms with Gasteiger partial charge in [-0.2, -0.15) is 0 Å². The Morgan fingerprint density at radius 2 is 1.86 bits per heavy atom. The normalized spacial score (nSPS) is 20.6. The zero-order valence-corrected chi connectivity index (χ0v) is 21.7. The third kappa shape index (κ3) is 5.67. The maximum atomic E-state index is 14.0. The lowest BCUT2D eigenvalue weighted by Gasteiger charge is -2.42. The molecule has 1 N–H and O–H groups in total. The van der Waals surface area contributed by atoms with Gasteiger partial charge in [-0.15, -0.1) is 0 Å². The topological polar surface area (TPSA) is 82.2 Å². The van der Waals surface area contributed by atoms with Crippen LogP contribution in [0.2, 0.25) is 0 Å². The van der Waals surface area contributed by atoms with Gasteiger partial charge in [0.2, 0.25) is 0 Å². The van der Waals surface area contributed by atoms with Crippen molar-refractivity contribution in [2.24, 2.45) is 0 Å². The fourth-order valence-corrected chi connectivity index (χ4v) is 4.89. The summed E-state index contributed by atoms with van der Waals surface area (Å²) in [5.74, 6) is -1.03. The molecule has 2 heterocycles. The van der Waals surface area contributed by atoms with E-state index in [0.717, 1.165) is 5.56 Å². The van der Waals surface area contributed by atoms with Gasteiger partial charge in [-0.25, -0.2) is 14.0 Å². The molecule has 9 heteroatoms. The van der Waals surface area contributed by atoms with Gasteiger partial charge in [0.25, 0.3) is 5.91 Å². The Labute approximate surface area is 216 Å². The van der Waals surface area contributed by atoms with E-state index in [0.29, 0.717) is 43.0 Å². The Balaban J connectivity index is 1.59. The lowest BCUT2D eigenvalue weighted by molar-refractivity contribution is -0.139. The second-order valence-electron chi connectivity index (χ2n) is 9.53. The van der Waals surface area contributed by atoms with Crippen molar-refractivity contribution < 1.29 is 23.5 Å². The van der Waals surface area contributed by atoms with Gasteiger partial charge in [0.1, 0.15) is 5.82 Å². The zero-order chi connectivity index (χ0) is 26.7. The summed E-state index contributed by atoms with van der Waals surface area (Å²) in [5.41, 5.74) is 2.99. The van der Waals surface area contributed by atoms with Crippen molar-refractivity contribution in [3.05, 3.63) is 82.3 Å². The summed E-state index contributed by atoms with van der Waals surface area (Å²) in [4.78, 5) is 44.5. The first-order chi connectivity index (χ1) is 17.7. The van der Waals surface area contributed by atoms with Crippen LogP contribution >= 0.6 is 0 Å². The lowest BCUT2D eigenvalue weighted by Crippen LogP contribution is -2.56. The van der Waals surface area contributed by atoms with Crippen LogP contribution in [0.3, 0.4) is 0 Å². The molecule has 1 saturated heterocycles. The number of carbonyl (C=O) groups is 3. The highest BCUT2D eigenvalue weighted by molar-refractivity contribution is 5.95. The molecular weight excluding hydrogens is 475 g/mol. The highest BCUT2D eigenvalue weighted by atomic mass is 19.1. The molecule has 2 atom stereocenters. The van der Waals surface area contributed by atoms with Crippen molar-refractivity contribution in [3.8, 4) is 0 Å². The van der Waals surface area contributed by atoms with E-state index in [1.54, 1.807) is 26.1 Å². The predicted octanol–water partition coefficient (Wildman–Crippen LogP) is 3.49. The third-order valence-corrected chi connectivity index (χ3v) is 6.90. The summed E-state index contributed by atoms with van der Waals surface area (Å²) in [6.45, 7) is 7.81. The molecule has 2 aromatic rings. The minimum absolute atomic E-state index is 0.0149. The molecule has 37 heavy (non-hydrogen) atoms. The fraction of sp³-hybridized carbons (Fsp3) is 0.393. The van der Waals surface area contributed by atoms with Crippen LogP contribution < -0.4 is 5.32 Å². The Kier molecular flexibility index (Phi) is 7.92. The first-order valence-electron chi connectivity index (χ1n) is 12.5. The van der Waals surface area contributed by atoms with Crippen LogP contribution in [0.15, 0.2) is 59.8 Å². The molecule has 0 aliphatic carbocycles. The molecule has 2 aromatic carbocycles. The Hall–Kier alpha value is -3.72. The quantitative estimate of drug-likeness (QED) is 0.604. The molecular formula is C28H33FN4O4. The molecule has 2 aliphatic heterocycles. The van der Waals surface area contributed by atoms with Crippen LogP contribution in [0.1, 0.15) is 41.4 Å². The molecule has 2 aliphatic rings. The number of ether oxygens (including phenoxy) is 1. The van der Waals surface area contributed by atoms with E-state index in [1.165, 1.54) is 17.0 Å². The Bertz CT molecular complexity index is 1210. The van der Waals surface area contributed by atoms with Gasteiger partial charge in [0.05, 0.1) is 18.2 Å². The first-order valence-corrected chi connectivity index (χ1v) is 12.5. The SMILES string of the molecule is CCOC(=O)C1=C(CN2CCN(C(=O)c3ccc(C)cc3)[C@H](C)C2)N(C)C(=O)N[C@H]1c1cccc(F)c1. The molecule has 0 radical (unpaired) electrons. The summed E-state index contributed by atoms with van der Waals surface area (Å²) in [5, 5.41) is 2.81. The van der Waals surface area contributed by atoms with E-state index >= 15 is 0 Å². The minimum Gasteiger partial charge on any atom is -0.463 e. The van der Waals surface area contributed by atoms with Gasteiger partial charge in [-0.1, -0.05) is 29.8 Å². The number of amides is 3. The molecule has 3 amide bonds. The van der Waals surface area contributed by atoms with Gasteiger partial charge >= 0.3 is 12.0 Å². The van der Waals surface area contributed by atoms with Crippen LogP contribution in [0, 0.1) is 12.7 Å². The van der Waals surface area contributed by atoms with E-state index in [9.17, 15) is 18.8 Å². The van der Waals surface area contributed by atoms with Crippen molar-refractivity contribution in [2.45, 2.75) is 32.9 Å². The number of esters is 1. The smallest absolute Gasteiger partial charge is 0.338 e. The summed E-state index contributed by atoms with van der Waals surface area (Å²) < 4.78 is 19.4. The van der Waals surface area contributed by atoms with Crippen molar-refractivity contribution in [1.82, 2.24) is 20.0 Å². The van der Waals surface area contributed by atoms with E-state index in [2.05, 4.69) is 10.2 Å². The standard InChI is InChI=1S/C28H33FN4O4/c1-5-37-27(35)24-23(31(4)28(36)30-25(24)21-7-6-8-22(29)15-21)17-32-13-14-33(19(3)16-32)26(34)20-11-9-18(2)10-12-20/h6-12,15,19,25H,5,13-14,16-17H2,1-4H3,(H,30,36)/t19-,25+/m1/s1. The number of carbonyl (C=O) groups excluding carboxylic acids is 3. The summed E-state index contributed by atoms with van der Waals surface area (Å²) in [6.07, 6.45) is 0.